The zero-order valence-electron chi connectivity index (χ0n) is 21.6. The first-order chi connectivity index (χ1) is 19.6. The number of amides is 1. The van der Waals surface area contributed by atoms with E-state index in [1.54, 1.807) is 10.7 Å². The molecular weight excluding hydrogens is 504 g/mol. The number of nitrogens with two attached hydrogens (primary N) is 1. The number of carbonyl (C=O) groups is 1. The smallest absolute Gasteiger partial charge is 0.292 e. The third-order valence-corrected chi connectivity index (χ3v) is 8.19. The van der Waals surface area contributed by atoms with Crippen molar-refractivity contribution < 1.29 is 4.79 Å². The molecule has 6 heterocycles. The molecule has 2 aliphatic heterocycles. The van der Waals surface area contributed by atoms with Crippen molar-refractivity contribution >= 4 is 17.4 Å². The summed E-state index contributed by atoms with van der Waals surface area (Å²) in [7, 11) is 0. The number of hydrogen-bond donors (Lipinski definition) is 2. The molecular formula is C29H26N10O. The van der Waals surface area contributed by atoms with Crippen LogP contribution in [0.15, 0.2) is 61.2 Å². The number of aromatic nitrogens is 7. The number of nitrogens with zero attached hydrogens (tertiary/aromatic N) is 8. The number of aromatic amines is 1. The highest BCUT2D eigenvalue weighted by atomic mass is 16.2. The SMILES string of the molecule is N#CCc1c([C@@H]2C[C@H]3CC[C@@H](C2)N3C(=O)c2nnc[nH]2)nc2c(-c3ccc(-c4ccccc4)nc3)cnn2c1N. The fourth-order valence-electron chi connectivity index (χ4n) is 6.37. The topological polar surface area (TPSA) is 155 Å². The van der Waals surface area contributed by atoms with Gasteiger partial charge in [0.05, 0.1) is 30.1 Å². The van der Waals surface area contributed by atoms with Crippen LogP contribution in [-0.4, -0.2) is 57.7 Å². The van der Waals surface area contributed by atoms with Gasteiger partial charge in [-0.2, -0.15) is 14.9 Å². The van der Waals surface area contributed by atoms with Crippen molar-refractivity contribution in [1.29, 1.82) is 5.26 Å². The Kier molecular flexibility index (Phi) is 5.73. The molecule has 3 N–H and O–H groups in total. The second kappa shape index (κ2) is 9.57. The van der Waals surface area contributed by atoms with Crippen molar-refractivity contribution in [3.8, 4) is 28.5 Å². The normalized spacial score (nSPS) is 20.1. The van der Waals surface area contributed by atoms with Crippen LogP contribution in [0.5, 0.6) is 0 Å². The molecule has 0 radical (unpaired) electrons. The Bertz CT molecular complexity index is 1720. The average molecular weight is 531 g/mol. The quantitative estimate of drug-likeness (QED) is 0.348. The molecule has 5 aromatic rings. The Hall–Kier alpha value is -5.11. The summed E-state index contributed by atoms with van der Waals surface area (Å²) in [6.45, 7) is 0. The van der Waals surface area contributed by atoms with Gasteiger partial charge in [0, 0.05) is 46.5 Å². The van der Waals surface area contributed by atoms with Crippen molar-refractivity contribution in [1.82, 2.24) is 39.7 Å². The van der Waals surface area contributed by atoms with Crippen LogP contribution >= 0.6 is 0 Å². The maximum absolute atomic E-state index is 13.1. The zero-order valence-corrected chi connectivity index (χ0v) is 21.6. The molecule has 3 atom stereocenters. The van der Waals surface area contributed by atoms with E-state index in [2.05, 4.69) is 31.3 Å². The van der Waals surface area contributed by atoms with Gasteiger partial charge in [0.15, 0.2) is 5.65 Å². The van der Waals surface area contributed by atoms with E-state index < -0.39 is 0 Å². The second-order valence-corrected chi connectivity index (χ2v) is 10.4. The summed E-state index contributed by atoms with van der Waals surface area (Å²) in [4.78, 5) is 27.7. The maximum atomic E-state index is 13.1. The van der Waals surface area contributed by atoms with E-state index >= 15 is 0 Å². The number of benzene rings is 1. The third-order valence-electron chi connectivity index (χ3n) is 8.19. The summed E-state index contributed by atoms with van der Waals surface area (Å²) >= 11 is 0. The Morgan fingerprint density at radius 3 is 2.55 bits per heavy atom. The van der Waals surface area contributed by atoms with Gasteiger partial charge in [-0.3, -0.25) is 9.78 Å². The van der Waals surface area contributed by atoms with E-state index in [4.69, 9.17) is 10.7 Å². The summed E-state index contributed by atoms with van der Waals surface area (Å²) in [5.41, 5.74) is 12.4. The number of anilines is 1. The molecule has 4 aromatic heterocycles. The number of nitrogen functional groups attached to an aromatic ring is 1. The third kappa shape index (κ3) is 3.88. The largest absolute Gasteiger partial charge is 0.383 e. The Labute approximate surface area is 229 Å². The van der Waals surface area contributed by atoms with Crippen LogP contribution in [0, 0.1) is 11.3 Å². The molecule has 11 nitrogen and oxygen atoms in total. The minimum absolute atomic E-state index is 0.0632. The van der Waals surface area contributed by atoms with Gasteiger partial charge in [-0.15, -0.1) is 10.2 Å². The van der Waals surface area contributed by atoms with Crippen LogP contribution in [0.2, 0.25) is 0 Å². The minimum atomic E-state index is -0.117. The molecule has 2 bridgehead atoms. The molecule has 11 heteroatoms. The molecule has 198 valence electrons. The number of rotatable bonds is 5. The van der Waals surface area contributed by atoms with Crippen LogP contribution < -0.4 is 5.73 Å². The van der Waals surface area contributed by atoms with Gasteiger partial charge in [-0.1, -0.05) is 36.4 Å². The highest BCUT2D eigenvalue weighted by Gasteiger charge is 2.45. The van der Waals surface area contributed by atoms with Gasteiger partial charge in [-0.25, -0.2) is 4.98 Å². The summed E-state index contributed by atoms with van der Waals surface area (Å²) in [6, 6.07) is 16.4. The van der Waals surface area contributed by atoms with Crippen LogP contribution in [0.3, 0.4) is 0 Å². The minimum Gasteiger partial charge on any atom is -0.383 e. The fraction of sp³-hybridized carbons (Fsp3) is 0.276. The predicted molar refractivity (Wildman–Crippen MR) is 147 cm³/mol. The van der Waals surface area contributed by atoms with Crippen LogP contribution in [0.25, 0.3) is 28.0 Å². The number of pyridine rings is 1. The Balaban J connectivity index is 1.25. The number of H-pyrrole nitrogens is 1. The van der Waals surface area contributed by atoms with E-state index in [1.807, 2.05) is 53.6 Å². The van der Waals surface area contributed by atoms with Crippen LogP contribution in [-0.2, 0) is 6.42 Å². The first kappa shape index (κ1) is 24.0. The van der Waals surface area contributed by atoms with Crippen molar-refractivity contribution in [2.24, 2.45) is 0 Å². The molecule has 1 aromatic carbocycles. The van der Waals surface area contributed by atoms with Crippen molar-refractivity contribution in [2.75, 3.05) is 5.73 Å². The van der Waals surface area contributed by atoms with Gasteiger partial charge in [-0.05, 0) is 31.7 Å². The fourth-order valence-corrected chi connectivity index (χ4v) is 6.37. The van der Waals surface area contributed by atoms with Crippen molar-refractivity contribution in [2.45, 2.75) is 50.1 Å². The Morgan fingerprint density at radius 1 is 1.07 bits per heavy atom. The highest BCUT2D eigenvalue weighted by molar-refractivity contribution is 5.91. The van der Waals surface area contributed by atoms with E-state index in [0.717, 1.165) is 53.8 Å². The Morgan fingerprint density at radius 2 is 1.88 bits per heavy atom. The molecule has 40 heavy (non-hydrogen) atoms. The predicted octanol–water partition coefficient (Wildman–Crippen LogP) is 3.78. The summed E-state index contributed by atoms with van der Waals surface area (Å²) in [6.07, 6.45) is 8.47. The van der Waals surface area contributed by atoms with Gasteiger partial charge in [0.1, 0.15) is 12.1 Å². The summed E-state index contributed by atoms with van der Waals surface area (Å²) < 4.78 is 1.62. The summed E-state index contributed by atoms with van der Waals surface area (Å²) in [5, 5.41) is 21.9. The van der Waals surface area contributed by atoms with E-state index in [-0.39, 0.29) is 36.2 Å². The van der Waals surface area contributed by atoms with Crippen molar-refractivity contribution in [3.63, 3.8) is 0 Å². The molecule has 1 amide bonds. The number of nitrogens with one attached hydrogen (secondary N) is 1. The number of piperidine rings is 1. The van der Waals surface area contributed by atoms with Crippen LogP contribution in [0.4, 0.5) is 5.82 Å². The molecule has 0 unspecified atom stereocenters. The lowest BCUT2D eigenvalue weighted by atomic mass is 9.85. The maximum Gasteiger partial charge on any atom is 0.292 e. The van der Waals surface area contributed by atoms with Crippen molar-refractivity contribution in [3.05, 3.63) is 78.3 Å². The second-order valence-electron chi connectivity index (χ2n) is 10.4. The number of nitriles is 1. The van der Waals surface area contributed by atoms with E-state index in [0.29, 0.717) is 17.0 Å². The standard InChI is InChI=1S/C29H26N10O/c30-11-10-22-25(19-12-20-7-8-21(13-19)38(20)29(40)27-33-16-34-37-27)36-28-23(15-35-39(28)26(22)31)18-6-9-24(32-14-18)17-4-2-1-3-5-17/h1-6,9,14-16,19-21H,7-8,10,12-13,31H2,(H,33,34,37)/t19-,20-,21+. The lowest BCUT2D eigenvalue weighted by Gasteiger charge is -2.38. The average Bonchev–Trinajstić information content (AvgIpc) is 3.73. The van der Waals surface area contributed by atoms with Gasteiger partial charge in [0.2, 0.25) is 5.82 Å². The first-order valence-electron chi connectivity index (χ1n) is 13.4. The monoisotopic (exact) mass is 530 g/mol. The lowest BCUT2D eigenvalue weighted by Crippen LogP contribution is -2.46. The number of hydrogen-bond acceptors (Lipinski definition) is 8. The molecule has 2 fully saturated rings. The highest BCUT2D eigenvalue weighted by Crippen LogP contribution is 2.45. The molecule has 2 saturated heterocycles. The number of fused-ring (bicyclic) bond motifs is 3. The van der Waals surface area contributed by atoms with Gasteiger partial charge < -0.3 is 15.6 Å². The van der Waals surface area contributed by atoms with Crippen LogP contribution in [0.1, 0.15) is 53.5 Å². The first-order valence-corrected chi connectivity index (χ1v) is 13.4. The number of carbonyl (C=O) groups excluding carboxylic acids is 1. The van der Waals surface area contributed by atoms with E-state index in [9.17, 15) is 10.1 Å². The molecule has 7 rings (SSSR count). The molecule has 0 aliphatic carbocycles. The lowest BCUT2D eigenvalue weighted by molar-refractivity contribution is 0.0557. The van der Waals surface area contributed by atoms with Gasteiger partial charge >= 0.3 is 0 Å². The zero-order chi connectivity index (χ0) is 27.2. The van der Waals surface area contributed by atoms with E-state index in [1.165, 1.54) is 6.33 Å². The molecule has 0 saturated carbocycles. The molecule has 0 spiro atoms. The summed E-state index contributed by atoms with van der Waals surface area (Å²) in [5.74, 6) is 0.635. The van der Waals surface area contributed by atoms with Gasteiger partial charge in [0.25, 0.3) is 5.91 Å². The molecule has 2 aliphatic rings.